The number of phenols is 1. The molecule has 4 rings (SSSR count). The standard InChI is InChI=1S/C19H16N4O4/c1-2-9-25-17-15-18(23-19(22-17)26-14-7-4-8-20-11-14)27-16(21-15)12-5-3-6-13(24)10-12/h3-8,10-11,24H,2,9H2,1H3. The molecule has 8 nitrogen and oxygen atoms in total. The molecule has 0 aliphatic rings. The smallest absolute Gasteiger partial charge is 0.328 e. The molecule has 0 atom stereocenters. The number of oxazole rings is 1. The van der Waals surface area contributed by atoms with E-state index in [0.717, 1.165) is 6.42 Å². The molecule has 3 heterocycles. The first-order chi connectivity index (χ1) is 13.2. The maximum atomic E-state index is 9.68. The van der Waals surface area contributed by atoms with E-state index in [1.54, 1.807) is 48.8 Å². The second-order valence-electron chi connectivity index (χ2n) is 5.67. The molecule has 0 spiro atoms. The molecule has 4 aromatic rings. The van der Waals surface area contributed by atoms with Crippen molar-refractivity contribution in [2.75, 3.05) is 6.61 Å². The van der Waals surface area contributed by atoms with Gasteiger partial charge in [0.2, 0.25) is 5.89 Å². The van der Waals surface area contributed by atoms with Crippen LogP contribution in [0.2, 0.25) is 0 Å². The predicted molar refractivity (Wildman–Crippen MR) is 96.8 cm³/mol. The van der Waals surface area contributed by atoms with Crippen LogP contribution in [0.25, 0.3) is 22.7 Å². The average molecular weight is 364 g/mol. The van der Waals surface area contributed by atoms with E-state index >= 15 is 0 Å². The summed E-state index contributed by atoms with van der Waals surface area (Å²) in [6.45, 7) is 2.46. The third-order valence-electron chi connectivity index (χ3n) is 3.59. The molecule has 0 amide bonds. The highest BCUT2D eigenvalue weighted by atomic mass is 16.5. The van der Waals surface area contributed by atoms with E-state index in [2.05, 4.69) is 19.9 Å². The third-order valence-corrected chi connectivity index (χ3v) is 3.59. The molecule has 0 aliphatic heterocycles. The first-order valence-electron chi connectivity index (χ1n) is 8.41. The predicted octanol–water partition coefficient (Wildman–Crippen LogP) is 3.97. The Morgan fingerprint density at radius 1 is 1.11 bits per heavy atom. The van der Waals surface area contributed by atoms with Crippen molar-refractivity contribution in [2.24, 2.45) is 0 Å². The molecular weight excluding hydrogens is 348 g/mol. The van der Waals surface area contributed by atoms with Gasteiger partial charge in [0, 0.05) is 11.8 Å². The Bertz CT molecular complexity index is 1070. The quantitative estimate of drug-likeness (QED) is 0.548. The summed E-state index contributed by atoms with van der Waals surface area (Å²) in [7, 11) is 0. The van der Waals surface area contributed by atoms with Crippen LogP contribution in [0.4, 0.5) is 0 Å². The summed E-state index contributed by atoms with van der Waals surface area (Å²) in [5, 5.41) is 9.68. The summed E-state index contributed by atoms with van der Waals surface area (Å²) in [5.41, 5.74) is 1.23. The first kappa shape index (κ1) is 16.8. The van der Waals surface area contributed by atoms with E-state index in [-0.39, 0.29) is 23.4 Å². The Morgan fingerprint density at radius 3 is 2.81 bits per heavy atom. The minimum Gasteiger partial charge on any atom is -0.508 e. The fourth-order valence-corrected chi connectivity index (χ4v) is 2.40. The number of fused-ring (bicyclic) bond motifs is 1. The molecule has 0 saturated carbocycles. The molecule has 0 radical (unpaired) electrons. The lowest BCUT2D eigenvalue weighted by Crippen LogP contribution is -2.01. The van der Waals surface area contributed by atoms with Crippen LogP contribution >= 0.6 is 0 Å². The van der Waals surface area contributed by atoms with E-state index in [1.165, 1.54) is 0 Å². The molecule has 136 valence electrons. The monoisotopic (exact) mass is 364 g/mol. The molecule has 3 aromatic heterocycles. The van der Waals surface area contributed by atoms with Gasteiger partial charge in [-0.3, -0.25) is 4.98 Å². The lowest BCUT2D eigenvalue weighted by Gasteiger charge is -2.06. The number of phenolic OH excluding ortho intramolecular Hbond substituents is 1. The van der Waals surface area contributed by atoms with Crippen LogP contribution in [0.1, 0.15) is 13.3 Å². The number of ether oxygens (including phenoxy) is 2. The SMILES string of the molecule is CCCOc1nc(Oc2cccnc2)nc2oc(-c3cccc(O)c3)nc12. The zero-order valence-electron chi connectivity index (χ0n) is 14.5. The zero-order chi connectivity index (χ0) is 18.6. The number of hydrogen-bond donors (Lipinski definition) is 1. The van der Waals surface area contributed by atoms with E-state index in [4.69, 9.17) is 13.9 Å². The van der Waals surface area contributed by atoms with Crippen molar-refractivity contribution in [3.63, 3.8) is 0 Å². The van der Waals surface area contributed by atoms with Crippen molar-refractivity contribution >= 4 is 11.2 Å². The zero-order valence-corrected chi connectivity index (χ0v) is 14.5. The fourth-order valence-electron chi connectivity index (χ4n) is 2.40. The highest BCUT2D eigenvalue weighted by Gasteiger charge is 2.18. The van der Waals surface area contributed by atoms with Crippen molar-refractivity contribution in [2.45, 2.75) is 13.3 Å². The molecule has 8 heteroatoms. The summed E-state index contributed by atoms with van der Waals surface area (Å²) in [5.74, 6) is 1.18. The normalized spacial score (nSPS) is 10.9. The van der Waals surface area contributed by atoms with Crippen molar-refractivity contribution in [3.8, 4) is 34.8 Å². The number of aromatic hydroxyl groups is 1. The number of hydrogen-bond acceptors (Lipinski definition) is 8. The molecule has 0 aliphatic carbocycles. The van der Waals surface area contributed by atoms with Crippen LogP contribution in [-0.2, 0) is 0 Å². The second kappa shape index (κ2) is 7.28. The Hall–Kier alpha value is -3.68. The van der Waals surface area contributed by atoms with Gasteiger partial charge in [0.05, 0.1) is 12.8 Å². The highest BCUT2D eigenvalue weighted by molar-refractivity contribution is 5.78. The molecule has 27 heavy (non-hydrogen) atoms. The number of nitrogens with zero attached hydrogens (tertiary/aromatic N) is 4. The van der Waals surface area contributed by atoms with Gasteiger partial charge < -0.3 is 19.0 Å². The van der Waals surface area contributed by atoms with Gasteiger partial charge in [-0.05, 0) is 36.8 Å². The van der Waals surface area contributed by atoms with Crippen LogP contribution in [0.15, 0.2) is 53.2 Å². The molecular formula is C19H16N4O4. The molecule has 0 fully saturated rings. The number of pyridine rings is 1. The number of rotatable bonds is 6. The summed E-state index contributed by atoms with van der Waals surface area (Å²) < 4.78 is 17.1. The van der Waals surface area contributed by atoms with Crippen LogP contribution in [0, 0.1) is 0 Å². The molecule has 0 bridgehead atoms. The largest absolute Gasteiger partial charge is 0.508 e. The van der Waals surface area contributed by atoms with Gasteiger partial charge in [-0.1, -0.05) is 13.0 Å². The second-order valence-corrected chi connectivity index (χ2v) is 5.67. The average Bonchev–Trinajstić information content (AvgIpc) is 3.11. The van der Waals surface area contributed by atoms with Crippen molar-refractivity contribution in [1.29, 1.82) is 0 Å². The van der Waals surface area contributed by atoms with Gasteiger partial charge in [0.1, 0.15) is 11.5 Å². The lowest BCUT2D eigenvalue weighted by atomic mass is 10.2. The molecule has 1 N–H and O–H groups in total. The molecule has 0 saturated heterocycles. The van der Waals surface area contributed by atoms with Gasteiger partial charge in [-0.2, -0.15) is 9.97 Å². The van der Waals surface area contributed by atoms with Crippen molar-refractivity contribution < 1.29 is 19.0 Å². The van der Waals surface area contributed by atoms with Gasteiger partial charge in [-0.25, -0.2) is 4.98 Å². The number of benzene rings is 1. The molecule has 1 aromatic carbocycles. The minimum absolute atomic E-state index is 0.0696. The van der Waals surface area contributed by atoms with Crippen molar-refractivity contribution in [1.82, 2.24) is 19.9 Å². The van der Waals surface area contributed by atoms with E-state index in [0.29, 0.717) is 29.3 Å². The van der Waals surface area contributed by atoms with Gasteiger partial charge >= 0.3 is 6.01 Å². The fraction of sp³-hybridized carbons (Fsp3) is 0.158. The minimum atomic E-state index is 0.0696. The lowest BCUT2D eigenvalue weighted by molar-refractivity contribution is 0.302. The van der Waals surface area contributed by atoms with Crippen LogP contribution in [-0.4, -0.2) is 31.6 Å². The Morgan fingerprint density at radius 2 is 2.04 bits per heavy atom. The van der Waals surface area contributed by atoms with E-state index in [1.807, 2.05) is 6.92 Å². The van der Waals surface area contributed by atoms with Crippen LogP contribution in [0.5, 0.6) is 23.4 Å². The maximum absolute atomic E-state index is 9.68. The summed E-state index contributed by atoms with van der Waals surface area (Å²) in [4.78, 5) is 17.0. The highest BCUT2D eigenvalue weighted by Crippen LogP contribution is 2.31. The van der Waals surface area contributed by atoms with E-state index in [9.17, 15) is 5.11 Å². The Labute approximate surface area is 154 Å². The van der Waals surface area contributed by atoms with Gasteiger partial charge in [0.25, 0.3) is 11.6 Å². The Balaban J connectivity index is 1.77. The maximum Gasteiger partial charge on any atom is 0.328 e. The summed E-state index contributed by atoms with van der Waals surface area (Å²) in [6.07, 6.45) is 4.00. The molecule has 0 unspecified atom stereocenters. The third kappa shape index (κ3) is 3.64. The van der Waals surface area contributed by atoms with Gasteiger partial charge in [-0.15, -0.1) is 0 Å². The van der Waals surface area contributed by atoms with Crippen LogP contribution in [0.3, 0.4) is 0 Å². The summed E-state index contributed by atoms with van der Waals surface area (Å²) in [6, 6.07) is 10.2. The Kier molecular flexibility index (Phi) is 4.52. The number of aromatic nitrogens is 4. The topological polar surface area (TPSA) is 103 Å². The van der Waals surface area contributed by atoms with Gasteiger partial charge in [0.15, 0.2) is 5.52 Å². The first-order valence-corrected chi connectivity index (χ1v) is 8.41. The van der Waals surface area contributed by atoms with Crippen LogP contribution < -0.4 is 9.47 Å². The summed E-state index contributed by atoms with van der Waals surface area (Å²) >= 11 is 0. The van der Waals surface area contributed by atoms with E-state index < -0.39 is 0 Å². The van der Waals surface area contributed by atoms with Crippen molar-refractivity contribution in [3.05, 3.63) is 48.8 Å².